The number of sulfone groups is 1. The van der Waals surface area contributed by atoms with E-state index in [9.17, 15) is 8.42 Å². The van der Waals surface area contributed by atoms with Crippen molar-refractivity contribution in [2.75, 3.05) is 12.0 Å². The van der Waals surface area contributed by atoms with Gasteiger partial charge in [0.05, 0.1) is 11.4 Å². The highest BCUT2D eigenvalue weighted by atomic mass is 32.2. The van der Waals surface area contributed by atoms with Gasteiger partial charge in [-0.3, -0.25) is 4.99 Å². The minimum atomic E-state index is -3.12. The molecule has 1 heterocycles. The van der Waals surface area contributed by atoms with E-state index in [1.807, 2.05) is 12.1 Å². The summed E-state index contributed by atoms with van der Waals surface area (Å²) in [5.74, 6) is 1.76. The zero-order chi connectivity index (χ0) is 15.5. The van der Waals surface area contributed by atoms with E-state index in [4.69, 9.17) is 0 Å². The molecule has 1 saturated heterocycles. The lowest BCUT2D eigenvalue weighted by Crippen LogP contribution is -2.28. The van der Waals surface area contributed by atoms with Crippen LogP contribution < -0.4 is 5.32 Å². The summed E-state index contributed by atoms with van der Waals surface area (Å²) in [5.41, 5.74) is 1.02. The van der Waals surface area contributed by atoms with E-state index in [1.54, 1.807) is 23.9 Å². The van der Waals surface area contributed by atoms with Crippen LogP contribution in [0.4, 0.5) is 0 Å². The van der Waals surface area contributed by atoms with Crippen molar-refractivity contribution in [2.45, 2.75) is 37.8 Å². The van der Waals surface area contributed by atoms with Crippen LogP contribution in [-0.4, -0.2) is 31.6 Å². The van der Waals surface area contributed by atoms with Gasteiger partial charge < -0.3 is 5.32 Å². The number of benzene rings is 1. The highest BCUT2D eigenvalue weighted by Gasteiger charge is 2.20. The van der Waals surface area contributed by atoms with Crippen LogP contribution in [0, 0.1) is 5.92 Å². The van der Waals surface area contributed by atoms with Gasteiger partial charge in [-0.25, -0.2) is 8.42 Å². The van der Waals surface area contributed by atoms with Gasteiger partial charge in [0.15, 0.2) is 15.0 Å². The van der Waals surface area contributed by atoms with E-state index in [-0.39, 0.29) is 0 Å². The Kier molecular flexibility index (Phi) is 5.32. The van der Waals surface area contributed by atoms with E-state index in [0.29, 0.717) is 23.4 Å². The van der Waals surface area contributed by atoms with Crippen molar-refractivity contribution in [1.29, 1.82) is 0 Å². The van der Waals surface area contributed by atoms with Gasteiger partial charge in [-0.05, 0) is 30.0 Å². The molecular formula is C15H22N2O2S2. The molecule has 1 aliphatic heterocycles. The van der Waals surface area contributed by atoms with Crippen molar-refractivity contribution >= 4 is 26.8 Å². The number of rotatable bonds is 5. The molecule has 1 N–H and O–H groups in total. The molecule has 0 saturated carbocycles. The van der Waals surface area contributed by atoms with Crippen molar-refractivity contribution < 1.29 is 8.42 Å². The maximum atomic E-state index is 11.4. The summed E-state index contributed by atoms with van der Waals surface area (Å²) in [6.07, 6.45) is 2.38. The first kappa shape index (κ1) is 16.4. The van der Waals surface area contributed by atoms with Gasteiger partial charge in [-0.15, -0.1) is 0 Å². The number of hydrogen-bond acceptors (Lipinski definition) is 4. The lowest BCUT2D eigenvalue weighted by atomic mass is 10.1. The smallest absolute Gasteiger partial charge is 0.175 e. The average Bonchev–Trinajstić information content (AvgIpc) is 2.82. The third kappa shape index (κ3) is 5.04. The molecule has 0 amide bonds. The molecule has 1 fully saturated rings. The maximum Gasteiger partial charge on any atom is 0.175 e. The third-order valence-electron chi connectivity index (χ3n) is 3.26. The third-order valence-corrected chi connectivity index (χ3v) is 5.48. The van der Waals surface area contributed by atoms with Crippen molar-refractivity contribution in [2.24, 2.45) is 10.9 Å². The lowest BCUT2D eigenvalue weighted by Gasteiger charge is -2.11. The Labute approximate surface area is 131 Å². The summed E-state index contributed by atoms with van der Waals surface area (Å²) in [6.45, 7) is 5.03. The van der Waals surface area contributed by atoms with Gasteiger partial charge in [0.1, 0.15) is 0 Å². The van der Waals surface area contributed by atoms with Crippen LogP contribution in [0.5, 0.6) is 0 Å². The lowest BCUT2D eigenvalue weighted by molar-refractivity contribution is 0.502. The first-order valence-electron chi connectivity index (χ1n) is 7.07. The van der Waals surface area contributed by atoms with E-state index in [0.717, 1.165) is 22.9 Å². The fraction of sp³-hybridized carbons (Fsp3) is 0.533. The summed E-state index contributed by atoms with van der Waals surface area (Å²) >= 11 is 1.76. The van der Waals surface area contributed by atoms with Crippen LogP contribution in [0.25, 0.3) is 0 Å². The Morgan fingerprint density at radius 1 is 1.33 bits per heavy atom. The molecule has 0 radical (unpaired) electrons. The van der Waals surface area contributed by atoms with Crippen LogP contribution in [0.1, 0.15) is 25.8 Å². The molecule has 0 bridgehead atoms. The second-order valence-electron chi connectivity index (χ2n) is 5.82. The molecule has 2 rings (SSSR count). The van der Waals surface area contributed by atoms with E-state index < -0.39 is 9.84 Å². The zero-order valence-electron chi connectivity index (χ0n) is 12.7. The molecular weight excluding hydrogens is 304 g/mol. The fourth-order valence-electron chi connectivity index (χ4n) is 2.23. The molecule has 21 heavy (non-hydrogen) atoms. The standard InChI is InChI=1S/C15H22N2O2S2/c1-11(2)8-13-10-20-15(17-13)16-9-12-4-6-14(7-5-12)21(3,18)19/h4-7,11,13H,8-10H2,1-3H3,(H,16,17). The fourth-order valence-corrected chi connectivity index (χ4v) is 3.84. The molecule has 0 spiro atoms. The topological polar surface area (TPSA) is 58.5 Å². The van der Waals surface area contributed by atoms with Crippen LogP contribution >= 0.6 is 11.8 Å². The van der Waals surface area contributed by atoms with Crippen LogP contribution in [-0.2, 0) is 16.4 Å². The Hall–Kier alpha value is -1.01. The molecule has 0 aliphatic carbocycles. The minimum absolute atomic E-state index is 0.351. The van der Waals surface area contributed by atoms with Gasteiger partial charge in [-0.1, -0.05) is 37.7 Å². The molecule has 0 aromatic heterocycles. The number of aliphatic imine (C=N–C) groups is 1. The summed E-state index contributed by atoms with van der Waals surface area (Å²) in [7, 11) is -3.12. The van der Waals surface area contributed by atoms with E-state index in [1.165, 1.54) is 6.26 Å². The zero-order valence-corrected chi connectivity index (χ0v) is 14.3. The predicted molar refractivity (Wildman–Crippen MR) is 89.5 cm³/mol. The number of nitrogens with one attached hydrogen (secondary N) is 1. The van der Waals surface area contributed by atoms with Crippen LogP contribution in [0.2, 0.25) is 0 Å². The molecule has 116 valence electrons. The minimum Gasteiger partial charge on any atom is -0.361 e. The van der Waals surface area contributed by atoms with E-state index in [2.05, 4.69) is 24.2 Å². The number of amidine groups is 1. The van der Waals surface area contributed by atoms with Gasteiger partial charge in [0.25, 0.3) is 0 Å². The Morgan fingerprint density at radius 3 is 2.57 bits per heavy atom. The van der Waals surface area contributed by atoms with E-state index >= 15 is 0 Å². The molecule has 1 aromatic rings. The maximum absolute atomic E-state index is 11.4. The number of hydrogen-bond donors (Lipinski definition) is 1. The molecule has 1 unspecified atom stereocenters. The first-order chi connectivity index (χ1) is 9.84. The Bertz CT molecular complexity index is 607. The van der Waals surface area contributed by atoms with Gasteiger partial charge in [-0.2, -0.15) is 0 Å². The predicted octanol–water partition coefficient (Wildman–Crippen LogP) is 2.70. The second kappa shape index (κ2) is 6.83. The highest BCUT2D eigenvalue weighted by molar-refractivity contribution is 8.14. The number of thioether (sulfide) groups is 1. The average molecular weight is 326 g/mol. The molecule has 1 aromatic carbocycles. The molecule has 1 aliphatic rings. The monoisotopic (exact) mass is 326 g/mol. The van der Waals surface area contributed by atoms with Crippen molar-refractivity contribution in [3.05, 3.63) is 29.8 Å². The number of nitrogens with zero attached hydrogens (tertiary/aromatic N) is 1. The Balaban J connectivity index is 1.93. The molecule has 1 atom stereocenters. The largest absolute Gasteiger partial charge is 0.361 e. The highest BCUT2D eigenvalue weighted by Crippen LogP contribution is 2.19. The summed E-state index contributed by atoms with van der Waals surface area (Å²) < 4.78 is 22.8. The van der Waals surface area contributed by atoms with Gasteiger partial charge in [0, 0.05) is 18.1 Å². The normalized spacial score (nSPS) is 21.0. The summed E-state index contributed by atoms with van der Waals surface area (Å²) in [6, 6.07) is 7.45. The van der Waals surface area contributed by atoms with Crippen molar-refractivity contribution in [1.82, 2.24) is 5.32 Å². The quantitative estimate of drug-likeness (QED) is 0.904. The summed E-state index contributed by atoms with van der Waals surface area (Å²) in [4.78, 5) is 4.91. The van der Waals surface area contributed by atoms with Crippen molar-refractivity contribution in [3.8, 4) is 0 Å². The van der Waals surface area contributed by atoms with Crippen LogP contribution in [0.15, 0.2) is 34.2 Å². The first-order valence-corrected chi connectivity index (χ1v) is 9.95. The Morgan fingerprint density at radius 2 is 2.00 bits per heavy atom. The molecule has 4 nitrogen and oxygen atoms in total. The second-order valence-corrected chi connectivity index (χ2v) is 8.84. The van der Waals surface area contributed by atoms with Gasteiger partial charge in [0.2, 0.25) is 0 Å². The van der Waals surface area contributed by atoms with Gasteiger partial charge >= 0.3 is 0 Å². The van der Waals surface area contributed by atoms with Crippen molar-refractivity contribution in [3.63, 3.8) is 0 Å². The van der Waals surface area contributed by atoms with Crippen LogP contribution in [0.3, 0.4) is 0 Å². The summed E-state index contributed by atoms with van der Waals surface area (Å²) in [5, 5.41) is 4.44. The SMILES string of the molecule is CC(C)CC1CSC(=NCc2ccc(S(C)(=O)=O)cc2)N1. The molecule has 6 heteroatoms.